The quantitative estimate of drug-likeness (QED) is 0.617. The van der Waals surface area contributed by atoms with Crippen LogP contribution >= 0.6 is 0 Å². The highest BCUT2D eigenvalue weighted by Crippen LogP contribution is 2.12. The molecule has 0 radical (unpaired) electrons. The lowest BCUT2D eigenvalue weighted by atomic mass is 10.0. The minimum absolute atomic E-state index is 0.151. The van der Waals surface area contributed by atoms with Gasteiger partial charge in [-0.15, -0.1) is 0 Å². The van der Waals surface area contributed by atoms with E-state index in [9.17, 15) is 0 Å². The normalized spacial score (nSPS) is 13.8. The summed E-state index contributed by atoms with van der Waals surface area (Å²) in [4.78, 5) is 0. The Bertz CT molecular complexity index is 154. The van der Waals surface area contributed by atoms with Crippen LogP contribution in [0, 0.1) is 0 Å². The number of aliphatic hydroxyl groups is 1. The second-order valence-electron chi connectivity index (χ2n) is 2.56. The Balaban J connectivity index is 4.25. The predicted octanol–water partition coefficient (Wildman–Crippen LogP) is 2.67. The summed E-state index contributed by atoms with van der Waals surface area (Å²) in [7, 11) is 0. The van der Waals surface area contributed by atoms with Crippen LogP contribution in [-0.2, 0) is 0 Å². The van der Waals surface area contributed by atoms with Gasteiger partial charge in [0.15, 0.2) is 0 Å². The predicted molar refractivity (Wildman–Crippen MR) is 49.5 cm³/mol. The summed E-state index contributed by atoms with van der Waals surface area (Å²) in [6.07, 6.45) is 6.13. The van der Waals surface area contributed by atoms with Crippen molar-refractivity contribution < 1.29 is 5.11 Å². The van der Waals surface area contributed by atoms with Crippen LogP contribution in [0.3, 0.4) is 0 Å². The number of aliphatic hydroxyl groups excluding tert-OH is 1. The molecule has 0 fully saturated rings. The molecule has 0 aliphatic heterocycles. The van der Waals surface area contributed by atoms with E-state index in [-0.39, 0.29) is 6.61 Å². The average molecular weight is 154 g/mol. The van der Waals surface area contributed by atoms with Crippen molar-refractivity contribution in [1.29, 1.82) is 0 Å². The molecule has 1 nitrogen and oxygen atoms in total. The van der Waals surface area contributed by atoms with Crippen LogP contribution in [0.2, 0.25) is 0 Å². The van der Waals surface area contributed by atoms with Gasteiger partial charge in [0.25, 0.3) is 0 Å². The van der Waals surface area contributed by atoms with E-state index in [1.165, 1.54) is 11.1 Å². The molecule has 64 valence electrons. The molecule has 11 heavy (non-hydrogen) atoms. The van der Waals surface area contributed by atoms with Gasteiger partial charge in [0.05, 0.1) is 6.61 Å². The van der Waals surface area contributed by atoms with Crippen molar-refractivity contribution in [2.75, 3.05) is 6.61 Å². The smallest absolute Gasteiger partial charge is 0.0618 e. The van der Waals surface area contributed by atoms with Crippen molar-refractivity contribution in [3.63, 3.8) is 0 Å². The van der Waals surface area contributed by atoms with Crippen molar-refractivity contribution in [3.05, 3.63) is 23.3 Å². The highest BCUT2D eigenvalue weighted by atomic mass is 16.2. The Morgan fingerprint density at radius 3 is 2.27 bits per heavy atom. The fourth-order valence-electron chi connectivity index (χ4n) is 1.13. The largest absolute Gasteiger partial charge is 0.392 e. The first-order valence-electron chi connectivity index (χ1n) is 4.23. The van der Waals surface area contributed by atoms with Gasteiger partial charge in [-0.05, 0) is 25.3 Å². The van der Waals surface area contributed by atoms with E-state index < -0.39 is 0 Å². The highest BCUT2D eigenvalue weighted by Gasteiger charge is 1.94. The zero-order valence-electron chi connectivity index (χ0n) is 7.72. The zero-order chi connectivity index (χ0) is 8.69. The van der Waals surface area contributed by atoms with E-state index in [0.717, 1.165) is 12.8 Å². The van der Waals surface area contributed by atoms with E-state index >= 15 is 0 Å². The maximum atomic E-state index is 8.68. The van der Waals surface area contributed by atoms with Gasteiger partial charge >= 0.3 is 0 Å². The number of allylic oxidation sites excluding steroid dienone is 3. The van der Waals surface area contributed by atoms with Crippen molar-refractivity contribution in [3.8, 4) is 0 Å². The molecule has 0 aromatic heterocycles. The summed E-state index contributed by atoms with van der Waals surface area (Å²) in [5.41, 5.74) is 2.55. The van der Waals surface area contributed by atoms with Gasteiger partial charge in [-0.3, -0.25) is 0 Å². The third-order valence-corrected chi connectivity index (χ3v) is 1.74. The van der Waals surface area contributed by atoms with Crippen LogP contribution in [0.25, 0.3) is 0 Å². The Morgan fingerprint density at radius 1 is 1.27 bits per heavy atom. The lowest BCUT2D eigenvalue weighted by Gasteiger charge is -2.03. The van der Waals surface area contributed by atoms with Crippen LogP contribution < -0.4 is 0 Å². The lowest BCUT2D eigenvalue weighted by molar-refractivity contribution is 0.341. The number of rotatable bonds is 4. The van der Waals surface area contributed by atoms with Gasteiger partial charge in [0.2, 0.25) is 0 Å². The van der Waals surface area contributed by atoms with Gasteiger partial charge in [-0.25, -0.2) is 0 Å². The van der Waals surface area contributed by atoms with Gasteiger partial charge in [-0.2, -0.15) is 0 Å². The van der Waals surface area contributed by atoms with Gasteiger partial charge in [-0.1, -0.05) is 31.6 Å². The van der Waals surface area contributed by atoms with Crippen LogP contribution in [0.15, 0.2) is 23.3 Å². The fraction of sp³-hybridized carbons (Fsp3) is 0.600. The van der Waals surface area contributed by atoms with Gasteiger partial charge < -0.3 is 5.11 Å². The summed E-state index contributed by atoms with van der Waals surface area (Å²) in [6, 6.07) is 0. The molecular formula is C10H18O. The third-order valence-electron chi connectivity index (χ3n) is 1.74. The van der Waals surface area contributed by atoms with Crippen molar-refractivity contribution >= 4 is 0 Å². The van der Waals surface area contributed by atoms with Crippen molar-refractivity contribution in [1.82, 2.24) is 0 Å². The molecule has 0 aromatic rings. The second kappa shape index (κ2) is 6.17. The summed E-state index contributed by atoms with van der Waals surface area (Å²) in [5.74, 6) is 0. The van der Waals surface area contributed by atoms with E-state index in [1.807, 2.05) is 6.08 Å². The highest BCUT2D eigenvalue weighted by molar-refractivity contribution is 5.28. The first kappa shape index (κ1) is 10.4. The second-order valence-corrected chi connectivity index (χ2v) is 2.56. The molecule has 0 amide bonds. The van der Waals surface area contributed by atoms with E-state index in [2.05, 4.69) is 26.8 Å². The van der Waals surface area contributed by atoms with Gasteiger partial charge in [0, 0.05) is 0 Å². The van der Waals surface area contributed by atoms with E-state index in [4.69, 9.17) is 5.11 Å². The first-order valence-corrected chi connectivity index (χ1v) is 4.23. The molecule has 0 saturated heterocycles. The summed E-state index contributed by atoms with van der Waals surface area (Å²) < 4.78 is 0. The average Bonchev–Trinajstić information content (AvgIpc) is 2.00. The number of hydrogen-bond acceptors (Lipinski definition) is 1. The van der Waals surface area contributed by atoms with Gasteiger partial charge in [0.1, 0.15) is 0 Å². The zero-order valence-corrected chi connectivity index (χ0v) is 7.72. The molecule has 0 unspecified atom stereocenters. The Kier molecular flexibility index (Phi) is 5.86. The fourth-order valence-corrected chi connectivity index (χ4v) is 1.13. The van der Waals surface area contributed by atoms with Crippen LogP contribution in [0.1, 0.15) is 33.6 Å². The maximum absolute atomic E-state index is 8.68. The molecule has 1 heteroatoms. The molecule has 0 spiro atoms. The molecular weight excluding hydrogens is 136 g/mol. The van der Waals surface area contributed by atoms with Crippen molar-refractivity contribution in [2.24, 2.45) is 0 Å². The van der Waals surface area contributed by atoms with Crippen LogP contribution in [0.4, 0.5) is 0 Å². The van der Waals surface area contributed by atoms with E-state index in [0.29, 0.717) is 0 Å². The first-order chi connectivity index (χ1) is 5.26. The standard InChI is InChI=1S/C10H18O/c1-4-6-9(3)10(5-2)7-8-11/h6-7,11H,4-5,8H2,1-3H3. The molecule has 0 saturated carbocycles. The maximum Gasteiger partial charge on any atom is 0.0618 e. The summed E-state index contributed by atoms with van der Waals surface area (Å²) in [5, 5.41) is 8.68. The van der Waals surface area contributed by atoms with Crippen molar-refractivity contribution in [2.45, 2.75) is 33.6 Å². The molecule has 1 N–H and O–H groups in total. The molecule has 0 aliphatic rings. The molecule has 0 rings (SSSR count). The minimum atomic E-state index is 0.151. The Morgan fingerprint density at radius 2 is 1.91 bits per heavy atom. The molecule has 0 heterocycles. The van der Waals surface area contributed by atoms with Crippen LogP contribution in [-0.4, -0.2) is 11.7 Å². The number of hydrogen-bond donors (Lipinski definition) is 1. The topological polar surface area (TPSA) is 20.2 Å². The SMILES string of the molecule is CCC=C(C)C(=CCO)CC. The Labute approximate surface area is 69.4 Å². The molecule has 0 atom stereocenters. The molecule has 0 aliphatic carbocycles. The minimum Gasteiger partial charge on any atom is -0.392 e. The van der Waals surface area contributed by atoms with E-state index in [1.54, 1.807) is 0 Å². The Hall–Kier alpha value is -0.560. The monoisotopic (exact) mass is 154 g/mol. The summed E-state index contributed by atoms with van der Waals surface area (Å²) in [6.45, 7) is 6.47. The van der Waals surface area contributed by atoms with Crippen LogP contribution in [0.5, 0.6) is 0 Å². The lowest BCUT2D eigenvalue weighted by Crippen LogP contribution is -1.86. The molecule has 0 aromatic carbocycles. The summed E-state index contributed by atoms with van der Waals surface area (Å²) >= 11 is 0. The molecule has 0 bridgehead atoms. The third kappa shape index (κ3) is 3.99.